The molecule has 0 radical (unpaired) electrons. The molecular formula is C19H26N6O3. The lowest BCUT2D eigenvalue weighted by atomic mass is 10.1. The Balaban J connectivity index is 1.99. The summed E-state index contributed by atoms with van der Waals surface area (Å²) < 4.78 is 0. The number of rotatable bonds is 9. The van der Waals surface area contributed by atoms with Crippen molar-refractivity contribution in [1.29, 1.82) is 0 Å². The Labute approximate surface area is 162 Å². The summed E-state index contributed by atoms with van der Waals surface area (Å²) in [5.74, 6) is 0.944. The SMILES string of the molecule is CC(C)c1[nH]nc2c(N[C@H](CO)c3ccccc3)nc(NCC(O)CO)nc12. The van der Waals surface area contributed by atoms with E-state index < -0.39 is 6.10 Å². The molecule has 0 aliphatic heterocycles. The number of nitrogens with zero attached hydrogens (tertiary/aromatic N) is 3. The van der Waals surface area contributed by atoms with E-state index in [1.165, 1.54) is 0 Å². The molecule has 2 heterocycles. The van der Waals surface area contributed by atoms with Crippen LogP contribution >= 0.6 is 0 Å². The molecule has 2 atom stereocenters. The highest BCUT2D eigenvalue weighted by Crippen LogP contribution is 2.29. The van der Waals surface area contributed by atoms with Gasteiger partial charge in [-0.2, -0.15) is 10.1 Å². The molecular weight excluding hydrogens is 360 g/mol. The summed E-state index contributed by atoms with van der Waals surface area (Å²) in [6, 6.07) is 9.21. The molecule has 9 heteroatoms. The van der Waals surface area contributed by atoms with Crippen LogP contribution in [0.3, 0.4) is 0 Å². The van der Waals surface area contributed by atoms with Gasteiger partial charge in [0.2, 0.25) is 5.95 Å². The van der Waals surface area contributed by atoms with Gasteiger partial charge in [-0.1, -0.05) is 44.2 Å². The fourth-order valence-corrected chi connectivity index (χ4v) is 2.86. The lowest BCUT2D eigenvalue weighted by Crippen LogP contribution is -2.24. The molecule has 28 heavy (non-hydrogen) atoms. The average Bonchev–Trinajstić information content (AvgIpc) is 3.15. The van der Waals surface area contributed by atoms with E-state index in [-0.39, 0.29) is 31.7 Å². The largest absolute Gasteiger partial charge is 0.394 e. The van der Waals surface area contributed by atoms with Gasteiger partial charge in [-0.05, 0) is 11.5 Å². The first-order valence-electron chi connectivity index (χ1n) is 9.24. The zero-order chi connectivity index (χ0) is 20.1. The first-order valence-corrected chi connectivity index (χ1v) is 9.24. The minimum atomic E-state index is -0.917. The Kier molecular flexibility index (Phi) is 6.40. The van der Waals surface area contributed by atoms with Gasteiger partial charge >= 0.3 is 0 Å². The predicted octanol–water partition coefficient (Wildman–Crippen LogP) is 1.39. The maximum absolute atomic E-state index is 9.87. The lowest BCUT2D eigenvalue weighted by molar-refractivity contribution is 0.105. The third-order valence-corrected chi connectivity index (χ3v) is 4.41. The minimum Gasteiger partial charge on any atom is -0.394 e. The van der Waals surface area contributed by atoms with Crippen molar-refractivity contribution in [2.75, 3.05) is 30.4 Å². The molecule has 0 aliphatic carbocycles. The van der Waals surface area contributed by atoms with Gasteiger partial charge in [0.15, 0.2) is 11.3 Å². The minimum absolute atomic E-state index is 0.110. The second-order valence-corrected chi connectivity index (χ2v) is 6.89. The van der Waals surface area contributed by atoms with Gasteiger partial charge in [-0.25, -0.2) is 4.98 Å². The van der Waals surface area contributed by atoms with Crippen molar-refractivity contribution in [1.82, 2.24) is 20.2 Å². The van der Waals surface area contributed by atoms with Crippen LogP contribution < -0.4 is 10.6 Å². The number of aliphatic hydroxyl groups excluding tert-OH is 3. The second-order valence-electron chi connectivity index (χ2n) is 6.89. The van der Waals surface area contributed by atoms with Crippen LogP contribution in [-0.4, -0.2) is 61.3 Å². The third-order valence-electron chi connectivity index (χ3n) is 4.41. The summed E-state index contributed by atoms with van der Waals surface area (Å²) in [4.78, 5) is 8.99. The number of aromatic amines is 1. The fraction of sp³-hybridized carbons (Fsp3) is 0.421. The van der Waals surface area contributed by atoms with Crippen LogP contribution in [0.2, 0.25) is 0 Å². The van der Waals surface area contributed by atoms with Crippen molar-refractivity contribution in [3.05, 3.63) is 41.6 Å². The number of hydrogen-bond acceptors (Lipinski definition) is 8. The van der Waals surface area contributed by atoms with Crippen LogP contribution in [0.4, 0.5) is 11.8 Å². The number of hydrogen-bond donors (Lipinski definition) is 6. The van der Waals surface area contributed by atoms with Gasteiger partial charge in [0.1, 0.15) is 5.52 Å². The van der Waals surface area contributed by atoms with Crippen molar-refractivity contribution < 1.29 is 15.3 Å². The zero-order valence-electron chi connectivity index (χ0n) is 15.9. The Morgan fingerprint density at radius 1 is 1.04 bits per heavy atom. The average molecular weight is 386 g/mol. The van der Waals surface area contributed by atoms with Crippen LogP contribution in [0.25, 0.3) is 11.0 Å². The Bertz CT molecular complexity index is 899. The number of fused-ring (bicyclic) bond motifs is 1. The van der Waals surface area contributed by atoms with Crippen LogP contribution in [0.5, 0.6) is 0 Å². The van der Waals surface area contributed by atoms with E-state index in [4.69, 9.17) is 5.11 Å². The maximum Gasteiger partial charge on any atom is 0.225 e. The molecule has 150 valence electrons. The number of benzene rings is 1. The van der Waals surface area contributed by atoms with E-state index in [1.807, 2.05) is 44.2 Å². The molecule has 1 aromatic carbocycles. The van der Waals surface area contributed by atoms with Gasteiger partial charge in [0.25, 0.3) is 0 Å². The molecule has 1 unspecified atom stereocenters. The fourth-order valence-electron chi connectivity index (χ4n) is 2.86. The van der Waals surface area contributed by atoms with E-state index in [1.54, 1.807) is 0 Å². The molecule has 9 nitrogen and oxygen atoms in total. The van der Waals surface area contributed by atoms with Crippen molar-refractivity contribution in [3.63, 3.8) is 0 Å². The zero-order valence-corrected chi connectivity index (χ0v) is 15.9. The summed E-state index contributed by atoms with van der Waals surface area (Å²) in [7, 11) is 0. The molecule has 0 bridgehead atoms. The molecule has 2 aromatic heterocycles. The van der Waals surface area contributed by atoms with Crippen molar-refractivity contribution >= 4 is 22.8 Å². The van der Waals surface area contributed by atoms with E-state index in [2.05, 4.69) is 30.8 Å². The second kappa shape index (κ2) is 8.96. The standard InChI is InChI=1S/C19H26N6O3/c1-11(2)15-16-17(25-24-15)18(23-19(22-16)20-8-13(28)9-26)21-14(10-27)12-6-4-3-5-7-12/h3-7,11,13-14,26-28H,8-10H2,1-2H3,(H,24,25)(H2,20,21,22,23)/t13?,14-/m1/s1. The molecule has 0 aliphatic rings. The van der Waals surface area contributed by atoms with E-state index >= 15 is 0 Å². The number of aliphatic hydroxyl groups is 3. The quantitative estimate of drug-likeness (QED) is 0.324. The van der Waals surface area contributed by atoms with Gasteiger partial charge in [0, 0.05) is 6.54 Å². The van der Waals surface area contributed by atoms with E-state index in [9.17, 15) is 10.2 Å². The van der Waals surface area contributed by atoms with Gasteiger partial charge in [-0.3, -0.25) is 5.10 Å². The van der Waals surface area contributed by atoms with Crippen molar-refractivity contribution in [2.45, 2.75) is 31.9 Å². The molecule has 6 N–H and O–H groups in total. The Morgan fingerprint density at radius 3 is 2.43 bits per heavy atom. The van der Waals surface area contributed by atoms with Crippen LogP contribution in [0, 0.1) is 0 Å². The third kappa shape index (κ3) is 4.38. The maximum atomic E-state index is 9.87. The summed E-state index contributed by atoms with van der Waals surface area (Å²) in [5.41, 5.74) is 3.03. The molecule has 0 saturated carbocycles. The Hall–Kier alpha value is -2.75. The lowest BCUT2D eigenvalue weighted by Gasteiger charge is -2.18. The molecule has 3 aromatic rings. The van der Waals surface area contributed by atoms with Crippen molar-refractivity contribution in [2.24, 2.45) is 0 Å². The number of H-pyrrole nitrogens is 1. The topological polar surface area (TPSA) is 139 Å². The highest BCUT2D eigenvalue weighted by molar-refractivity contribution is 5.88. The highest BCUT2D eigenvalue weighted by atomic mass is 16.3. The number of anilines is 2. The van der Waals surface area contributed by atoms with E-state index in [0.29, 0.717) is 22.8 Å². The first-order chi connectivity index (χ1) is 13.5. The van der Waals surface area contributed by atoms with Crippen LogP contribution in [0.15, 0.2) is 30.3 Å². The van der Waals surface area contributed by atoms with Crippen LogP contribution in [0.1, 0.15) is 37.1 Å². The molecule has 0 saturated heterocycles. The van der Waals surface area contributed by atoms with Gasteiger partial charge in [-0.15, -0.1) is 0 Å². The summed E-state index contributed by atoms with van der Waals surface area (Å²) in [6.45, 7) is 3.70. The van der Waals surface area contributed by atoms with Gasteiger partial charge in [0.05, 0.1) is 31.1 Å². The summed E-state index contributed by atoms with van der Waals surface area (Å²) in [6.07, 6.45) is -0.917. The monoisotopic (exact) mass is 386 g/mol. The smallest absolute Gasteiger partial charge is 0.225 e. The normalized spacial score (nSPS) is 13.6. The molecule has 0 spiro atoms. The molecule has 0 amide bonds. The van der Waals surface area contributed by atoms with Crippen molar-refractivity contribution in [3.8, 4) is 0 Å². The first kappa shape index (κ1) is 20.0. The van der Waals surface area contributed by atoms with Gasteiger partial charge < -0.3 is 26.0 Å². The summed E-state index contributed by atoms with van der Waals surface area (Å²) in [5, 5.41) is 42.1. The molecule has 3 rings (SSSR count). The van der Waals surface area contributed by atoms with E-state index in [0.717, 1.165) is 11.3 Å². The number of nitrogens with one attached hydrogen (secondary N) is 3. The predicted molar refractivity (Wildman–Crippen MR) is 107 cm³/mol. The molecule has 0 fully saturated rings. The summed E-state index contributed by atoms with van der Waals surface area (Å²) >= 11 is 0. The highest BCUT2D eigenvalue weighted by Gasteiger charge is 2.20. The Morgan fingerprint density at radius 2 is 1.79 bits per heavy atom. The van der Waals surface area contributed by atoms with Crippen LogP contribution in [-0.2, 0) is 0 Å². The number of aromatic nitrogens is 4.